The van der Waals surface area contributed by atoms with Gasteiger partial charge in [-0.1, -0.05) is 19.1 Å². The molecule has 1 heterocycles. The van der Waals surface area contributed by atoms with Gasteiger partial charge in [0.25, 0.3) is 0 Å². The molecule has 0 aliphatic rings. The lowest BCUT2D eigenvalue weighted by molar-refractivity contribution is 0.0594. The summed E-state index contributed by atoms with van der Waals surface area (Å²) in [5.74, 6) is -0.896. The third-order valence-electron chi connectivity index (χ3n) is 3.78. The fourth-order valence-corrected chi connectivity index (χ4v) is 2.54. The van der Waals surface area contributed by atoms with Crippen molar-refractivity contribution in [2.75, 3.05) is 12.4 Å². The summed E-state index contributed by atoms with van der Waals surface area (Å²) < 4.78 is 18.4. The van der Waals surface area contributed by atoms with Crippen LogP contribution in [0.1, 0.15) is 23.0 Å². The van der Waals surface area contributed by atoms with Gasteiger partial charge in [-0.25, -0.2) is 14.2 Å². The first-order valence-electron chi connectivity index (χ1n) is 7.65. The summed E-state index contributed by atoms with van der Waals surface area (Å²) in [6.07, 6.45) is 0.911. The molecule has 122 valence electrons. The highest BCUT2D eigenvalue weighted by atomic mass is 19.1. The lowest BCUT2D eigenvalue weighted by Crippen LogP contribution is -2.06. The smallest absolute Gasteiger partial charge is 0.356 e. The topological polar surface area (TPSA) is 51.2 Å². The van der Waals surface area contributed by atoms with Crippen molar-refractivity contribution in [3.8, 4) is 0 Å². The minimum Gasteiger partial charge on any atom is -0.464 e. The number of nitrogens with zero attached hydrogens (tertiary/aromatic N) is 1. The molecule has 24 heavy (non-hydrogen) atoms. The van der Waals surface area contributed by atoms with Gasteiger partial charge in [0.15, 0.2) is 5.69 Å². The van der Waals surface area contributed by atoms with Crippen LogP contribution in [0.15, 0.2) is 48.5 Å². The van der Waals surface area contributed by atoms with Gasteiger partial charge >= 0.3 is 5.97 Å². The Balaban J connectivity index is 2.12. The maximum absolute atomic E-state index is 13.7. The molecule has 4 nitrogen and oxygen atoms in total. The molecule has 2 aromatic carbocycles. The number of esters is 1. The predicted octanol–water partition coefficient (Wildman–Crippen LogP) is 4.47. The minimum absolute atomic E-state index is 0.172. The fourth-order valence-electron chi connectivity index (χ4n) is 2.54. The highest BCUT2D eigenvalue weighted by molar-refractivity contribution is 5.98. The highest BCUT2D eigenvalue weighted by Crippen LogP contribution is 2.28. The average molecular weight is 324 g/mol. The van der Waals surface area contributed by atoms with E-state index in [0.717, 1.165) is 12.1 Å². The van der Waals surface area contributed by atoms with Crippen LogP contribution in [0.3, 0.4) is 0 Å². The van der Waals surface area contributed by atoms with Gasteiger partial charge in [0, 0.05) is 11.1 Å². The Morgan fingerprint density at radius 2 is 2.04 bits per heavy atom. The maximum Gasteiger partial charge on any atom is 0.356 e. The molecule has 0 saturated heterocycles. The molecule has 0 unspecified atom stereocenters. The summed E-state index contributed by atoms with van der Waals surface area (Å²) in [5, 5.41) is 3.86. The first kappa shape index (κ1) is 15.9. The number of hydrogen-bond acceptors (Lipinski definition) is 4. The van der Waals surface area contributed by atoms with E-state index in [-0.39, 0.29) is 11.5 Å². The van der Waals surface area contributed by atoms with E-state index in [9.17, 15) is 9.18 Å². The van der Waals surface area contributed by atoms with Crippen molar-refractivity contribution >= 4 is 28.2 Å². The maximum atomic E-state index is 13.7. The van der Waals surface area contributed by atoms with Crippen molar-refractivity contribution in [2.45, 2.75) is 13.3 Å². The van der Waals surface area contributed by atoms with Crippen molar-refractivity contribution in [3.63, 3.8) is 0 Å². The summed E-state index contributed by atoms with van der Waals surface area (Å²) in [4.78, 5) is 16.1. The first-order valence-corrected chi connectivity index (χ1v) is 7.65. The van der Waals surface area contributed by atoms with Gasteiger partial charge in [0.05, 0.1) is 18.3 Å². The van der Waals surface area contributed by atoms with Gasteiger partial charge in [-0.2, -0.15) is 0 Å². The number of carbonyl (C=O) groups excluding carboxylic acids is 1. The Bertz CT molecular complexity index is 909. The number of ether oxygens (including phenoxy) is 1. The van der Waals surface area contributed by atoms with Crippen molar-refractivity contribution in [2.24, 2.45) is 0 Å². The Hall–Kier alpha value is -2.95. The fraction of sp³-hybridized carbons (Fsp3) is 0.158. The van der Waals surface area contributed by atoms with E-state index in [1.807, 2.05) is 24.3 Å². The number of halogens is 1. The largest absolute Gasteiger partial charge is 0.464 e. The zero-order valence-corrected chi connectivity index (χ0v) is 13.5. The van der Waals surface area contributed by atoms with Crippen LogP contribution in [0.4, 0.5) is 15.8 Å². The van der Waals surface area contributed by atoms with Crippen LogP contribution in [0.2, 0.25) is 0 Å². The van der Waals surface area contributed by atoms with E-state index in [0.29, 0.717) is 16.6 Å². The molecule has 0 fully saturated rings. The van der Waals surface area contributed by atoms with Crippen LogP contribution in [0.5, 0.6) is 0 Å². The Morgan fingerprint density at radius 3 is 2.79 bits per heavy atom. The van der Waals surface area contributed by atoms with E-state index in [1.165, 1.54) is 24.8 Å². The summed E-state index contributed by atoms with van der Waals surface area (Å²) in [6.45, 7) is 2.08. The third-order valence-corrected chi connectivity index (χ3v) is 3.78. The zero-order chi connectivity index (χ0) is 17.1. The van der Waals surface area contributed by atoms with Crippen LogP contribution < -0.4 is 5.32 Å². The molecule has 0 radical (unpaired) electrons. The number of anilines is 2. The van der Waals surface area contributed by atoms with Crippen molar-refractivity contribution in [1.82, 2.24) is 4.98 Å². The molecule has 0 aliphatic heterocycles. The molecular formula is C19H17FN2O2. The lowest BCUT2D eigenvalue weighted by atomic mass is 10.1. The van der Waals surface area contributed by atoms with E-state index in [1.54, 1.807) is 12.1 Å². The molecule has 0 saturated carbocycles. The second-order valence-corrected chi connectivity index (χ2v) is 5.39. The lowest BCUT2D eigenvalue weighted by Gasteiger charge is -2.12. The van der Waals surface area contributed by atoms with Gasteiger partial charge in [-0.15, -0.1) is 0 Å². The molecule has 0 amide bonds. The Labute approximate surface area is 139 Å². The molecule has 0 atom stereocenters. The van der Waals surface area contributed by atoms with Crippen LogP contribution in [0, 0.1) is 5.82 Å². The molecule has 5 heteroatoms. The van der Waals surface area contributed by atoms with Gasteiger partial charge < -0.3 is 10.1 Å². The van der Waals surface area contributed by atoms with E-state index < -0.39 is 5.97 Å². The second-order valence-electron chi connectivity index (χ2n) is 5.39. The monoisotopic (exact) mass is 324 g/mol. The standard InChI is InChI=1S/C19H17FN2O2/c1-3-12-5-4-6-14(9-12)21-17-11-18(19(23)24-2)22-16-8-7-13(20)10-15(16)17/h4-11H,3H2,1-2H3,(H,21,22). The second kappa shape index (κ2) is 6.66. The van der Waals surface area contributed by atoms with Crippen LogP contribution in [-0.4, -0.2) is 18.1 Å². The number of carbonyl (C=O) groups is 1. The predicted molar refractivity (Wildman–Crippen MR) is 92.1 cm³/mol. The number of hydrogen-bond donors (Lipinski definition) is 1. The number of fused-ring (bicyclic) bond motifs is 1. The molecule has 1 aromatic heterocycles. The summed E-state index contributed by atoms with van der Waals surface area (Å²) in [5.41, 5.74) is 3.34. The zero-order valence-electron chi connectivity index (χ0n) is 13.5. The van der Waals surface area contributed by atoms with Gasteiger partial charge in [-0.05, 0) is 48.4 Å². The normalized spacial score (nSPS) is 10.6. The van der Waals surface area contributed by atoms with Crippen molar-refractivity contribution in [1.29, 1.82) is 0 Å². The van der Waals surface area contributed by atoms with E-state index >= 15 is 0 Å². The number of nitrogens with one attached hydrogen (secondary N) is 1. The van der Waals surface area contributed by atoms with Gasteiger partial charge in [0.1, 0.15) is 5.82 Å². The van der Waals surface area contributed by atoms with Gasteiger partial charge in [-0.3, -0.25) is 0 Å². The Morgan fingerprint density at radius 1 is 1.21 bits per heavy atom. The van der Waals surface area contributed by atoms with Crippen molar-refractivity contribution < 1.29 is 13.9 Å². The number of aromatic nitrogens is 1. The van der Waals surface area contributed by atoms with Crippen LogP contribution in [-0.2, 0) is 11.2 Å². The third kappa shape index (κ3) is 3.20. The molecule has 0 spiro atoms. The quantitative estimate of drug-likeness (QED) is 0.720. The molecule has 3 rings (SSSR count). The van der Waals surface area contributed by atoms with Crippen LogP contribution in [0.25, 0.3) is 10.9 Å². The minimum atomic E-state index is -0.536. The number of aryl methyl sites for hydroxylation is 1. The first-order chi connectivity index (χ1) is 11.6. The molecule has 0 aliphatic carbocycles. The molecule has 3 aromatic rings. The summed E-state index contributed by atoms with van der Waals surface area (Å²) >= 11 is 0. The SMILES string of the molecule is CCc1cccc(Nc2cc(C(=O)OC)nc3ccc(F)cc23)c1. The average Bonchev–Trinajstić information content (AvgIpc) is 2.61. The number of benzene rings is 2. The highest BCUT2D eigenvalue weighted by Gasteiger charge is 2.13. The molecular weight excluding hydrogens is 307 g/mol. The number of pyridine rings is 1. The van der Waals surface area contributed by atoms with Gasteiger partial charge in [0.2, 0.25) is 0 Å². The molecule has 0 bridgehead atoms. The van der Waals surface area contributed by atoms with Crippen LogP contribution >= 0.6 is 0 Å². The van der Waals surface area contributed by atoms with E-state index in [2.05, 4.69) is 17.2 Å². The number of methoxy groups -OCH3 is 1. The molecule has 1 N–H and O–H groups in total. The summed E-state index contributed by atoms with van der Waals surface area (Å²) in [6, 6.07) is 13.8. The number of rotatable bonds is 4. The Kier molecular flexibility index (Phi) is 4.42. The van der Waals surface area contributed by atoms with E-state index in [4.69, 9.17) is 4.74 Å². The summed E-state index contributed by atoms with van der Waals surface area (Å²) in [7, 11) is 1.30. The van der Waals surface area contributed by atoms with Crippen molar-refractivity contribution in [3.05, 3.63) is 65.6 Å².